The summed E-state index contributed by atoms with van der Waals surface area (Å²) in [6.07, 6.45) is 7.87. The molecule has 1 aliphatic heterocycles. The molecule has 1 saturated heterocycles. The van der Waals surface area contributed by atoms with Gasteiger partial charge in [0, 0.05) is 30.3 Å². The highest BCUT2D eigenvalue weighted by atomic mass is 35.5. The molecule has 2 bridgehead atoms. The van der Waals surface area contributed by atoms with Gasteiger partial charge < -0.3 is 0 Å². The van der Waals surface area contributed by atoms with E-state index in [0.29, 0.717) is 54.7 Å². The number of fused-ring (bicyclic) bond motifs is 4. The van der Waals surface area contributed by atoms with Gasteiger partial charge in [-0.1, -0.05) is 49.2 Å². The number of halogens is 2. The largest absolute Gasteiger partial charge is 0.299 e. The van der Waals surface area contributed by atoms with Gasteiger partial charge in [-0.2, -0.15) is 0 Å². The van der Waals surface area contributed by atoms with Crippen LogP contribution in [0.1, 0.15) is 57.1 Å². The van der Waals surface area contributed by atoms with Crippen molar-refractivity contribution in [3.05, 3.63) is 39.4 Å². The van der Waals surface area contributed by atoms with Crippen molar-refractivity contribution < 1.29 is 13.2 Å². The summed E-state index contributed by atoms with van der Waals surface area (Å²) in [6.45, 7) is 5.10. The molecule has 0 amide bonds. The second-order valence-corrected chi connectivity index (χ2v) is 12.9. The van der Waals surface area contributed by atoms with Gasteiger partial charge in [0.15, 0.2) is 0 Å². The van der Waals surface area contributed by atoms with Crippen LogP contribution in [0.3, 0.4) is 0 Å². The predicted molar refractivity (Wildman–Crippen MR) is 120 cm³/mol. The minimum Gasteiger partial charge on any atom is -0.299 e. The first kappa shape index (κ1) is 21.0. The Balaban J connectivity index is 1.36. The summed E-state index contributed by atoms with van der Waals surface area (Å²) in [4.78, 5) is 12.8. The molecule has 2 saturated carbocycles. The smallest absolute Gasteiger partial charge is 0.215 e. The zero-order chi connectivity index (χ0) is 21.5. The number of carbonyl (C=O) groups excluding carboxylic acids is 1. The molecule has 7 heteroatoms. The Hall–Kier alpha value is -0.880. The summed E-state index contributed by atoms with van der Waals surface area (Å²) in [5.41, 5.74) is 1.06. The van der Waals surface area contributed by atoms with Crippen molar-refractivity contribution in [2.24, 2.45) is 16.7 Å². The maximum Gasteiger partial charge on any atom is 0.215 e. The summed E-state index contributed by atoms with van der Waals surface area (Å²) >= 11 is 12.4. The fourth-order valence-electron chi connectivity index (χ4n) is 6.58. The predicted octanol–water partition coefficient (Wildman–Crippen LogP) is 5.08. The van der Waals surface area contributed by atoms with Crippen molar-refractivity contribution in [1.29, 1.82) is 0 Å². The summed E-state index contributed by atoms with van der Waals surface area (Å²) < 4.78 is 28.5. The molecule has 1 aromatic rings. The first-order valence-electron chi connectivity index (χ1n) is 10.7. The minimum absolute atomic E-state index is 0.0385. The molecule has 4 aliphatic rings. The van der Waals surface area contributed by atoms with Crippen LogP contribution in [0.4, 0.5) is 0 Å². The maximum atomic E-state index is 13.4. The van der Waals surface area contributed by atoms with E-state index in [1.807, 2.05) is 12.1 Å². The van der Waals surface area contributed by atoms with E-state index in [1.54, 1.807) is 4.31 Å². The molecule has 3 aliphatic carbocycles. The van der Waals surface area contributed by atoms with Gasteiger partial charge in [-0.3, -0.25) is 4.79 Å². The summed E-state index contributed by atoms with van der Waals surface area (Å²) in [7, 11) is -3.51. The third kappa shape index (κ3) is 2.74. The van der Waals surface area contributed by atoms with Crippen molar-refractivity contribution >= 4 is 45.1 Å². The summed E-state index contributed by atoms with van der Waals surface area (Å²) in [5.74, 6) is 0.435. The minimum atomic E-state index is -3.51. The molecule has 4 nitrogen and oxygen atoms in total. The number of benzene rings is 1. The van der Waals surface area contributed by atoms with Crippen LogP contribution in [0.15, 0.2) is 18.2 Å². The molecule has 162 valence electrons. The SMILES string of the molecule is CC1(C)[C@@H]2CC[C@@]1(CS(=O)(=O)N1CCC3(C=Cc4cc(Cl)c(Cl)cc43)CC1)C(=O)C2. The molecular weight excluding hydrogens is 441 g/mol. The van der Waals surface area contributed by atoms with Crippen LogP contribution in [0.5, 0.6) is 0 Å². The zero-order valence-corrected chi connectivity index (χ0v) is 19.7. The number of allylic oxidation sites excluding steroid dienone is 1. The highest BCUT2D eigenvalue weighted by molar-refractivity contribution is 7.89. The lowest BCUT2D eigenvalue weighted by Crippen LogP contribution is -2.50. The van der Waals surface area contributed by atoms with E-state index < -0.39 is 15.4 Å². The highest BCUT2D eigenvalue weighted by Gasteiger charge is 2.65. The fourth-order valence-corrected chi connectivity index (χ4v) is 9.14. The third-order valence-corrected chi connectivity index (χ3v) is 11.5. The standard InChI is InChI=1S/C23H27Cl2NO3S/c1-21(2)16-4-6-23(21,20(27)12-16)14-30(28,29)26-9-7-22(8-10-26)5-3-15-11-18(24)19(25)13-17(15)22/h3,5,11,13,16H,4,6-10,12,14H2,1-2H3/t16-,23-/m1/s1. The van der Waals surface area contributed by atoms with E-state index >= 15 is 0 Å². The Labute approximate surface area is 188 Å². The molecule has 3 fully saturated rings. The number of hydrogen-bond donors (Lipinski definition) is 0. The van der Waals surface area contributed by atoms with Crippen LogP contribution in [-0.2, 0) is 20.2 Å². The monoisotopic (exact) mass is 467 g/mol. The molecule has 1 aromatic carbocycles. The molecule has 1 heterocycles. The van der Waals surface area contributed by atoms with Gasteiger partial charge in [0.05, 0.1) is 15.8 Å². The van der Waals surface area contributed by atoms with Crippen LogP contribution >= 0.6 is 23.2 Å². The van der Waals surface area contributed by atoms with Crippen LogP contribution in [0.2, 0.25) is 10.0 Å². The maximum absolute atomic E-state index is 13.4. The topological polar surface area (TPSA) is 54.5 Å². The van der Waals surface area contributed by atoms with Gasteiger partial charge in [-0.25, -0.2) is 12.7 Å². The molecule has 1 spiro atoms. The van der Waals surface area contributed by atoms with Crippen LogP contribution in [0.25, 0.3) is 6.08 Å². The van der Waals surface area contributed by atoms with E-state index in [2.05, 4.69) is 26.0 Å². The molecule has 30 heavy (non-hydrogen) atoms. The Kier molecular flexibility index (Phi) is 4.59. The number of piperidine rings is 1. The molecule has 5 rings (SSSR count). The second kappa shape index (κ2) is 6.57. The number of sulfonamides is 1. The molecule has 0 radical (unpaired) electrons. The second-order valence-electron chi connectivity index (χ2n) is 10.2. The van der Waals surface area contributed by atoms with Crippen LogP contribution in [0, 0.1) is 16.7 Å². The van der Waals surface area contributed by atoms with Gasteiger partial charge in [-0.05, 0) is 60.3 Å². The van der Waals surface area contributed by atoms with Crippen molar-refractivity contribution in [2.45, 2.75) is 51.4 Å². The fraction of sp³-hybridized carbons (Fsp3) is 0.609. The quantitative estimate of drug-likeness (QED) is 0.622. The van der Waals surface area contributed by atoms with Crippen molar-refractivity contribution in [3.8, 4) is 0 Å². The first-order chi connectivity index (χ1) is 14.0. The lowest BCUT2D eigenvalue weighted by atomic mass is 9.70. The molecule has 2 atom stereocenters. The van der Waals surface area contributed by atoms with Crippen molar-refractivity contribution in [3.63, 3.8) is 0 Å². The van der Waals surface area contributed by atoms with E-state index in [-0.39, 0.29) is 22.4 Å². The number of ketones is 1. The van der Waals surface area contributed by atoms with Crippen molar-refractivity contribution in [1.82, 2.24) is 4.31 Å². The van der Waals surface area contributed by atoms with E-state index in [9.17, 15) is 13.2 Å². The lowest BCUT2D eigenvalue weighted by Gasteiger charge is -2.41. The lowest BCUT2D eigenvalue weighted by molar-refractivity contribution is -0.128. The van der Waals surface area contributed by atoms with Gasteiger partial charge in [0.2, 0.25) is 10.0 Å². The molecule has 0 aromatic heterocycles. The summed E-state index contributed by atoms with van der Waals surface area (Å²) in [5, 5.41) is 1.07. The number of nitrogens with zero attached hydrogens (tertiary/aromatic N) is 1. The number of carbonyl (C=O) groups is 1. The number of hydrogen-bond acceptors (Lipinski definition) is 3. The normalized spacial score (nSPS) is 31.6. The molecule has 0 N–H and O–H groups in total. The van der Waals surface area contributed by atoms with Gasteiger partial charge in [0.25, 0.3) is 0 Å². The first-order valence-corrected chi connectivity index (χ1v) is 13.1. The third-order valence-electron chi connectivity index (χ3n) is 8.79. The van der Waals surface area contributed by atoms with E-state index in [1.165, 1.54) is 0 Å². The molecule has 0 unspecified atom stereocenters. The average molecular weight is 468 g/mol. The number of rotatable bonds is 3. The Morgan fingerprint density at radius 1 is 1.10 bits per heavy atom. The van der Waals surface area contributed by atoms with E-state index in [0.717, 1.165) is 17.5 Å². The Morgan fingerprint density at radius 2 is 1.77 bits per heavy atom. The molecular formula is C23H27Cl2NO3S. The Bertz CT molecular complexity index is 1070. The highest BCUT2D eigenvalue weighted by Crippen LogP contribution is 2.64. The van der Waals surface area contributed by atoms with Gasteiger partial charge in [0.1, 0.15) is 5.78 Å². The average Bonchev–Trinajstić information content (AvgIpc) is 3.19. The van der Waals surface area contributed by atoms with E-state index in [4.69, 9.17) is 23.2 Å². The van der Waals surface area contributed by atoms with Crippen LogP contribution < -0.4 is 0 Å². The van der Waals surface area contributed by atoms with Gasteiger partial charge >= 0.3 is 0 Å². The van der Waals surface area contributed by atoms with Crippen LogP contribution in [-0.4, -0.2) is 37.3 Å². The van der Waals surface area contributed by atoms with Gasteiger partial charge in [-0.15, -0.1) is 0 Å². The summed E-state index contributed by atoms with van der Waals surface area (Å²) in [6, 6.07) is 3.82. The Morgan fingerprint density at radius 3 is 2.37 bits per heavy atom. The zero-order valence-electron chi connectivity index (χ0n) is 17.4. The van der Waals surface area contributed by atoms with Crippen molar-refractivity contribution in [2.75, 3.05) is 18.8 Å². The number of Topliss-reactive ketones (excluding diaryl/α,β-unsaturated/α-hetero) is 1.